The molecule has 0 atom stereocenters. The van der Waals surface area contributed by atoms with E-state index in [4.69, 9.17) is 11.6 Å². The van der Waals surface area contributed by atoms with E-state index < -0.39 is 20.7 Å². The molecule has 0 unspecified atom stereocenters. The Morgan fingerprint density at radius 1 is 1.09 bits per heavy atom. The summed E-state index contributed by atoms with van der Waals surface area (Å²) in [4.78, 5) is 5.37. The summed E-state index contributed by atoms with van der Waals surface area (Å²) in [7, 11) is -0.386. The van der Waals surface area contributed by atoms with Crippen LogP contribution in [0.3, 0.4) is 0 Å². The number of aromatic nitrogens is 1. The van der Waals surface area contributed by atoms with Crippen molar-refractivity contribution in [1.29, 1.82) is 0 Å². The highest BCUT2D eigenvalue weighted by atomic mass is 35.5. The monoisotopic (exact) mass is 499 g/mol. The van der Waals surface area contributed by atoms with Gasteiger partial charge in [0.2, 0.25) is 0 Å². The molecule has 0 aliphatic heterocycles. The molecule has 7 nitrogen and oxygen atoms in total. The Balaban J connectivity index is 0.00000363. The molecule has 0 saturated carbocycles. The molecule has 0 fully saturated rings. The van der Waals surface area contributed by atoms with Crippen LogP contribution in [0.1, 0.15) is 0 Å². The normalized spacial score (nSPS) is 10.9. The lowest BCUT2D eigenvalue weighted by Gasteiger charge is -2.23. The SMILES string of the molecule is CNCCN(C)c1ccccc1Nc1cc(F)c(S(=O)(=O)Nc2ccccn2)cc1Cl.Cl. The van der Waals surface area contributed by atoms with Crippen molar-refractivity contribution in [2.75, 3.05) is 42.1 Å². The van der Waals surface area contributed by atoms with Gasteiger partial charge in [0.05, 0.1) is 22.1 Å². The molecule has 2 aromatic carbocycles. The van der Waals surface area contributed by atoms with Crippen LogP contribution < -0.4 is 20.3 Å². The quantitative estimate of drug-likeness (QED) is 0.401. The molecule has 1 aromatic heterocycles. The van der Waals surface area contributed by atoms with Gasteiger partial charge in [-0.05, 0) is 37.4 Å². The predicted molar refractivity (Wildman–Crippen MR) is 131 cm³/mol. The molecule has 0 bridgehead atoms. The summed E-state index contributed by atoms with van der Waals surface area (Å²) >= 11 is 6.32. The third kappa shape index (κ3) is 6.23. The zero-order chi connectivity index (χ0) is 22.4. The zero-order valence-corrected chi connectivity index (χ0v) is 19.9. The van der Waals surface area contributed by atoms with Gasteiger partial charge in [0.15, 0.2) is 0 Å². The number of nitrogens with one attached hydrogen (secondary N) is 3. The first-order valence-corrected chi connectivity index (χ1v) is 11.3. The van der Waals surface area contributed by atoms with Crippen LogP contribution in [0.5, 0.6) is 0 Å². The van der Waals surface area contributed by atoms with Gasteiger partial charge < -0.3 is 15.5 Å². The third-order valence-electron chi connectivity index (χ3n) is 4.50. The Morgan fingerprint density at radius 3 is 2.50 bits per heavy atom. The third-order valence-corrected chi connectivity index (χ3v) is 6.18. The van der Waals surface area contributed by atoms with Crippen molar-refractivity contribution >= 4 is 56.9 Å². The minimum Gasteiger partial charge on any atom is -0.372 e. The Labute approximate surface area is 198 Å². The summed E-state index contributed by atoms with van der Waals surface area (Å²) in [5, 5.41) is 6.26. The largest absolute Gasteiger partial charge is 0.372 e. The standard InChI is InChI=1S/C21H23ClFN5O2S.ClH/c1-24-11-12-28(2)19-8-4-3-7-17(19)26-18-14-16(23)20(13-15(18)22)31(29,30)27-21-9-5-6-10-25-21;/h3-10,13-14,24,26H,11-12H2,1-2H3,(H,25,27);1H. The molecule has 3 N–H and O–H groups in total. The van der Waals surface area contributed by atoms with E-state index in [0.29, 0.717) is 5.69 Å². The molecule has 0 radical (unpaired) electrons. The topological polar surface area (TPSA) is 86.4 Å². The van der Waals surface area contributed by atoms with Gasteiger partial charge in [-0.25, -0.2) is 17.8 Å². The summed E-state index contributed by atoms with van der Waals surface area (Å²) in [6.07, 6.45) is 1.43. The van der Waals surface area contributed by atoms with E-state index in [1.54, 1.807) is 12.1 Å². The number of sulfonamides is 1. The zero-order valence-electron chi connectivity index (χ0n) is 17.5. The first-order valence-electron chi connectivity index (χ1n) is 9.46. The second-order valence-corrected chi connectivity index (χ2v) is 8.81. The predicted octanol–water partition coefficient (Wildman–Crippen LogP) is 4.50. The summed E-state index contributed by atoms with van der Waals surface area (Å²) in [5.74, 6) is -0.852. The van der Waals surface area contributed by atoms with Crippen molar-refractivity contribution in [3.8, 4) is 0 Å². The highest BCUT2D eigenvalue weighted by Gasteiger charge is 2.22. The average molecular weight is 500 g/mol. The Bertz CT molecular complexity index is 1150. The second-order valence-electron chi connectivity index (χ2n) is 6.75. The maximum atomic E-state index is 14.8. The maximum Gasteiger partial charge on any atom is 0.266 e. The van der Waals surface area contributed by atoms with Gasteiger partial charge in [0, 0.05) is 32.4 Å². The molecule has 3 aromatic rings. The van der Waals surface area contributed by atoms with Crippen LogP contribution in [-0.4, -0.2) is 40.6 Å². The molecule has 32 heavy (non-hydrogen) atoms. The second kappa shape index (κ2) is 11.3. The molecule has 0 aliphatic rings. The molecule has 0 spiro atoms. The van der Waals surface area contributed by atoms with E-state index in [2.05, 4.69) is 20.3 Å². The van der Waals surface area contributed by atoms with Gasteiger partial charge in [-0.2, -0.15) is 0 Å². The van der Waals surface area contributed by atoms with E-state index in [9.17, 15) is 12.8 Å². The van der Waals surface area contributed by atoms with Gasteiger partial charge >= 0.3 is 0 Å². The number of likely N-dealkylation sites (N-methyl/N-ethyl adjacent to an activating group) is 2. The van der Waals surface area contributed by atoms with Crippen LogP contribution in [-0.2, 0) is 10.0 Å². The number of para-hydroxylation sites is 2. The molecule has 172 valence electrons. The van der Waals surface area contributed by atoms with Gasteiger partial charge in [0.25, 0.3) is 10.0 Å². The minimum atomic E-state index is -4.20. The van der Waals surface area contributed by atoms with Gasteiger partial charge in [0.1, 0.15) is 16.5 Å². The summed E-state index contributed by atoms with van der Waals surface area (Å²) < 4.78 is 42.3. The van der Waals surface area contributed by atoms with Crippen LogP contribution in [0.15, 0.2) is 65.7 Å². The lowest BCUT2D eigenvalue weighted by Crippen LogP contribution is -2.27. The molecule has 11 heteroatoms. The molecule has 0 amide bonds. The van der Waals surface area contributed by atoms with E-state index >= 15 is 0 Å². The minimum absolute atomic E-state index is 0. The van der Waals surface area contributed by atoms with E-state index in [0.717, 1.165) is 30.9 Å². The van der Waals surface area contributed by atoms with Crippen molar-refractivity contribution in [3.05, 3.63) is 71.6 Å². The van der Waals surface area contributed by atoms with Gasteiger partial charge in [-0.15, -0.1) is 12.4 Å². The lowest BCUT2D eigenvalue weighted by molar-refractivity contribution is 0.570. The maximum absolute atomic E-state index is 14.8. The molecular weight excluding hydrogens is 476 g/mol. The van der Waals surface area contributed by atoms with E-state index in [1.807, 2.05) is 43.3 Å². The van der Waals surface area contributed by atoms with Crippen LogP contribution in [0.2, 0.25) is 5.02 Å². The first kappa shape index (κ1) is 25.7. The number of rotatable bonds is 9. The summed E-state index contributed by atoms with van der Waals surface area (Å²) in [6.45, 7) is 1.55. The Kier molecular flexibility index (Phi) is 9.09. The average Bonchev–Trinajstić information content (AvgIpc) is 2.75. The Hall–Kier alpha value is -2.59. The van der Waals surface area contributed by atoms with Crippen molar-refractivity contribution in [1.82, 2.24) is 10.3 Å². The number of hydrogen-bond acceptors (Lipinski definition) is 6. The molecule has 0 aliphatic carbocycles. The molecule has 0 saturated heterocycles. The number of anilines is 4. The fraction of sp³-hybridized carbons (Fsp3) is 0.190. The number of nitrogens with zero attached hydrogens (tertiary/aromatic N) is 2. The van der Waals surface area contributed by atoms with Crippen molar-refractivity contribution in [3.63, 3.8) is 0 Å². The summed E-state index contributed by atoms with van der Waals surface area (Å²) in [6, 6.07) is 14.4. The first-order chi connectivity index (χ1) is 14.8. The van der Waals surface area contributed by atoms with Crippen molar-refractivity contribution in [2.24, 2.45) is 0 Å². The number of halogens is 3. The highest BCUT2D eigenvalue weighted by Crippen LogP contribution is 2.34. The van der Waals surface area contributed by atoms with E-state index in [1.165, 1.54) is 12.3 Å². The van der Waals surface area contributed by atoms with Gasteiger partial charge in [-0.1, -0.05) is 29.8 Å². The lowest BCUT2D eigenvalue weighted by atomic mass is 10.2. The highest BCUT2D eigenvalue weighted by molar-refractivity contribution is 7.92. The van der Waals surface area contributed by atoms with Crippen molar-refractivity contribution < 1.29 is 12.8 Å². The Morgan fingerprint density at radius 2 is 1.81 bits per heavy atom. The fourth-order valence-corrected chi connectivity index (χ4v) is 4.27. The molecular formula is C21H24Cl2FN5O2S. The van der Waals surface area contributed by atoms with Crippen LogP contribution in [0.4, 0.5) is 27.3 Å². The molecule has 3 rings (SSSR count). The number of benzene rings is 2. The van der Waals surface area contributed by atoms with Crippen LogP contribution >= 0.6 is 24.0 Å². The van der Waals surface area contributed by atoms with E-state index in [-0.39, 0.29) is 28.9 Å². The van der Waals surface area contributed by atoms with Crippen LogP contribution in [0.25, 0.3) is 0 Å². The van der Waals surface area contributed by atoms with Crippen LogP contribution in [0, 0.1) is 5.82 Å². The number of hydrogen-bond donors (Lipinski definition) is 3. The smallest absolute Gasteiger partial charge is 0.266 e. The molecule has 1 heterocycles. The fourth-order valence-electron chi connectivity index (χ4n) is 2.90. The van der Waals surface area contributed by atoms with Crippen molar-refractivity contribution in [2.45, 2.75) is 4.90 Å². The van der Waals surface area contributed by atoms with Gasteiger partial charge in [-0.3, -0.25) is 4.72 Å². The summed E-state index contributed by atoms with van der Waals surface area (Å²) in [5.41, 5.74) is 1.86. The number of pyridine rings is 1.